The fourth-order valence-electron chi connectivity index (χ4n) is 1.61. The van der Waals surface area contributed by atoms with Crippen LogP contribution in [0.15, 0.2) is 18.2 Å². The Morgan fingerprint density at radius 2 is 2.25 bits per heavy atom. The van der Waals surface area contributed by atoms with Crippen LogP contribution in [0.2, 0.25) is 0 Å². The van der Waals surface area contributed by atoms with Gasteiger partial charge < -0.3 is 10.5 Å². The minimum absolute atomic E-state index is 0.337. The van der Waals surface area contributed by atoms with Crippen molar-refractivity contribution in [3.63, 3.8) is 0 Å². The monoisotopic (exact) mass is 222 g/mol. The van der Waals surface area contributed by atoms with E-state index in [-0.39, 0.29) is 11.7 Å². The van der Waals surface area contributed by atoms with Crippen LogP contribution in [0, 0.1) is 23.1 Å². The zero-order valence-corrected chi connectivity index (χ0v) is 9.40. The van der Waals surface area contributed by atoms with Gasteiger partial charge in [0.1, 0.15) is 11.6 Å². The quantitative estimate of drug-likeness (QED) is 0.850. The van der Waals surface area contributed by atoms with Gasteiger partial charge >= 0.3 is 0 Å². The Morgan fingerprint density at radius 3 is 2.75 bits per heavy atom. The van der Waals surface area contributed by atoms with Crippen LogP contribution in [0.5, 0.6) is 5.75 Å². The van der Waals surface area contributed by atoms with Gasteiger partial charge in [-0.3, -0.25) is 0 Å². The van der Waals surface area contributed by atoms with E-state index in [0.29, 0.717) is 17.7 Å². The first-order chi connectivity index (χ1) is 7.63. The summed E-state index contributed by atoms with van der Waals surface area (Å²) in [5.41, 5.74) is 6.47. The smallest absolute Gasteiger partial charge is 0.123 e. The molecule has 0 amide bonds. The van der Waals surface area contributed by atoms with Gasteiger partial charge in [-0.15, -0.1) is 0 Å². The van der Waals surface area contributed by atoms with Crippen molar-refractivity contribution in [2.45, 2.75) is 19.4 Å². The van der Waals surface area contributed by atoms with Crippen molar-refractivity contribution >= 4 is 0 Å². The highest BCUT2D eigenvalue weighted by Crippen LogP contribution is 2.30. The van der Waals surface area contributed by atoms with Crippen LogP contribution in [-0.4, -0.2) is 7.11 Å². The lowest BCUT2D eigenvalue weighted by atomic mass is 9.92. The van der Waals surface area contributed by atoms with Crippen molar-refractivity contribution in [1.29, 1.82) is 5.26 Å². The molecular formula is C12H15FN2O. The number of methoxy groups -OCH3 is 1. The molecule has 1 aromatic rings. The largest absolute Gasteiger partial charge is 0.496 e. The second-order valence-electron chi connectivity index (χ2n) is 3.56. The number of nitrogens with two attached hydrogens (primary N) is 1. The lowest BCUT2D eigenvalue weighted by Crippen LogP contribution is -2.20. The number of rotatable bonds is 4. The van der Waals surface area contributed by atoms with Crippen LogP contribution in [0.3, 0.4) is 0 Å². The van der Waals surface area contributed by atoms with Crippen molar-refractivity contribution in [1.82, 2.24) is 0 Å². The molecular weight excluding hydrogens is 207 g/mol. The fourth-order valence-corrected chi connectivity index (χ4v) is 1.61. The Balaban J connectivity index is 3.11. The second kappa shape index (κ2) is 5.47. The van der Waals surface area contributed by atoms with Gasteiger partial charge in [-0.25, -0.2) is 4.39 Å². The van der Waals surface area contributed by atoms with Gasteiger partial charge in [0.15, 0.2) is 0 Å². The highest BCUT2D eigenvalue weighted by molar-refractivity contribution is 5.37. The topological polar surface area (TPSA) is 59.0 Å². The molecule has 16 heavy (non-hydrogen) atoms. The van der Waals surface area contributed by atoms with Gasteiger partial charge in [0.25, 0.3) is 0 Å². The third-order valence-electron chi connectivity index (χ3n) is 2.59. The molecule has 0 saturated heterocycles. The van der Waals surface area contributed by atoms with E-state index in [1.807, 2.05) is 6.92 Å². The summed E-state index contributed by atoms with van der Waals surface area (Å²) in [6.45, 7) is 1.87. The first kappa shape index (κ1) is 12.5. The summed E-state index contributed by atoms with van der Waals surface area (Å²) >= 11 is 0. The van der Waals surface area contributed by atoms with E-state index in [4.69, 9.17) is 15.7 Å². The normalized spacial score (nSPS) is 13.9. The summed E-state index contributed by atoms with van der Waals surface area (Å²) in [5.74, 6) is -0.197. The average molecular weight is 222 g/mol. The van der Waals surface area contributed by atoms with Crippen LogP contribution in [-0.2, 0) is 0 Å². The standard InChI is InChI=1S/C12H15FN2O/c1-3-8(7-14)12(15)10-6-9(13)4-5-11(10)16-2/h4-6,8,12H,3,15H2,1-2H3. The molecule has 1 rings (SSSR count). The molecule has 0 fully saturated rings. The third kappa shape index (κ3) is 2.50. The van der Waals surface area contributed by atoms with Crippen LogP contribution in [0.4, 0.5) is 4.39 Å². The van der Waals surface area contributed by atoms with Crippen LogP contribution >= 0.6 is 0 Å². The van der Waals surface area contributed by atoms with E-state index >= 15 is 0 Å². The van der Waals surface area contributed by atoms with E-state index in [2.05, 4.69) is 6.07 Å². The third-order valence-corrected chi connectivity index (χ3v) is 2.59. The molecule has 0 aliphatic heterocycles. The zero-order valence-electron chi connectivity index (χ0n) is 9.40. The molecule has 4 heteroatoms. The van der Waals surface area contributed by atoms with Gasteiger partial charge in [0.2, 0.25) is 0 Å². The minimum Gasteiger partial charge on any atom is -0.496 e. The van der Waals surface area contributed by atoms with E-state index < -0.39 is 6.04 Å². The lowest BCUT2D eigenvalue weighted by molar-refractivity contribution is 0.395. The van der Waals surface area contributed by atoms with E-state index in [9.17, 15) is 4.39 Å². The molecule has 0 aliphatic rings. The Kier molecular flexibility index (Phi) is 4.27. The molecule has 1 aromatic carbocycles. The summed E-state index contributed by atoms with van der Waals surface area (Å²) in [7, 11) is 1.50. The number of benzene rings is 1. The maximum absolute atomic E-state index is 13.1. The summed E-state index contributed by atoms with van der Waals surface area (Å²) in [4.78, 5) is 0. The molecule has 0 heterocycles. The SMILES string of the molecule is CCC(C#N)C(N)c1cc(F)ccc1OC. The van der Waals surface area contributed by atoms with Crippen LogP contribution < -0.4 is 10.5 Å². The van der Waals surface area contributed by atoms with Crippen molar-refractivity contribution in [2.75, 3.05) is 7.11 Å². The number of hydrogen-bond acceptors (Lipinski definition) is 3. The van der Waals surface area contributed by atoms with Crippen molar-refractivity contribution < 1.29 is 9.13 Å². The van der Waals surface area contributed by atoms with Crippen molar-refractivity contribution in [3.05, 3.63) is 29.6 Å². The van der Waals surface area contributed by atoms with Crippen molar-refractivity contribution in [3.8, 4) is 11.8 Å². The molecule has 0 bridgehead atoms. The maximum Gasteiger partial charge on any atom is 0.123 e. The number of hydrogen-bond donors (Lipinski definition) is 1. The molecule has 2 unspecified atom stereocenters. The predicted octanol–water partition coefficient (Wildman–Crippen LogP) is 2.38. The molecule has 86 valence electrons. The molecule has 2 N–H and O–H groups in total. The van der Waals surface area contributed by atoms with Gasteiger partial charge in [-0.1, -0.05) is 6.92 Å². The molecule has 0 radical (unpaired) electrons. The lowest BCUT2D eigenvalue weighted by Gasteiger charge is -2.19. The average Bonchev–Trinajstić information content (AvgIpc) is 2.30. The highest BCUT2D eigenvalue weighted by atomic mass is 19.1. The Hall–Kier alpha value is -1.60. The number of ether oxygens (including phenoxy) is 1. The molecule has 3 nitrogen and oxygen atoms in total. The van der Waals surface area contributed by atoms with Crippen LogP contribution in [0.25, 0.3) is 0 Å². The molecule has 0 spiro atoms. The number of halogens is 1. The first-order valence-corrected chi connectivity index (χ1v) is 5.12. The highest BCUT2D eigenvalue weighted by Gasteiger charge is 2.21. The Bertz CT molecular complexity index is 400. The van der Waals surface area contributed by atoms with E-state index in [1.165, 1.54) is 25.3 Å². The molecule has 2 atom stereocenters. The Morgan fingerprint density at radius 1 is 1.56 bits per heavy atom. The molecule has 0 saturated carbocycles. The van der Waals surface area contributed by atoms with Crippen LogP contribution in [0.1, 0.15) is 24.9 Å². The second-order valence-corrected chi connectivity index (χ2v) is 3.56. The summed E-state index contributed by atoms with van der Waals surface area (Å²) in [5, 5.41) is 8.93. The van der Waals surface area contributed by atoms with E-state index in [1.54, 1.807) is 0 Å². The summed E-state index contributed by atoms with van der Waals surface area (Å²) in [6, 6.07) is 5.74. The van der Waals surface area contributed by atoms with Gasteiger partial charge in [0.05, 0.1) is 19.1 Å². The zero-order chi connectivity index (χ0) is 12.1. The Labute approximate surface area is 94.6 Å². The fraction of sp³-hybridized carbons (Fsp3) is 0.417. The van der Waals surface area contributed by atoms with Gasteiger partial charge in [0, 0.05) is 11.6 Å². The number of nitriles is 1. The summed E-state index contributed by atoms with van der Waals surface area (Å²) in [6.07, 6.45) is 0.622. The van der Waals surface area contributed by atoms with Gasteiger partial charge in [-0.2, -0.15) is 5.26 Å². The number of nitrogens with zero attached hydrogens (tertiary/aromatic N) is 1. The predicted molar refractivity (Wildman–Crippen MR) is 59.3 cm³/mol. The first-order valence-electron chi connectivity index (χ1n) is 5.12. The minimum atomic E-state index is -0.527. The van der Waals surface area contributed by atoms with Crippen molar-refractivity contribution in [2.24, 2.45) is 11.7 Å². The van der Waals surface area contributed by atoms with E-state index in [0.717, 1.165) is 0 Å². The molecule has 0 aliphatic carbocycles. The molecule has 0 aromatic heterocycles. The summed E-state index contributed by atoms with van der Waals surface area (Å²) < 4.78 is 18.2. The maximum atomic E-state index is 13.1. The van der Waals surface area contributed by atoms with Gasteiger partial charge in [-0.05, 0) is 24.6 Å².